The average Bonchev–Trinajstić information content (AvgIpc) is 1.68. The minimum atomic E-state index is 0.372. The summed E-state index contributed by atoms with van der Waals surface area (Å²) in [5, 5.41) is 17.1. The summed E-state index contributed by atoms with van der Waals surface area (Å²) in [6, 6.07) is 83.4. The van der Waals surface area contributed by atoms with E-state index in [-0.39, 0.29) is 0 Å². The van der Waals surface area contributed by atoms with Gasteiger partial charge >= 0.3 is 0 Å². The van der Waals surface area contributed by atoms with Gasteiger partial charge in [-0.15, -0.1) is 6.42 Å². The Morgan fingerprint density at radius 2 is 0.505 bits per heavy atom. The third-order valence-corrected chi connectivity index (χ3v) is 21.2. The number of benzene rings is 14. The summed E-state index contributed by atoms with van der Waals surface area (Å²) < 4.78 is 13.5. The predicted octanol–water partition coefficient (Wildman–Crippen LogP) is 26.4. The standard InChI is InChI=1S/C86H64O2.C17H4/c1-45(2)49-21-13-22-50(46(3)4)81(49)59-35-37-61-69-43-71-67(57-29-17-33-79-85(57)63-19-9-11-31-77(63)87-79)41-76-74-40-66-56-28-16-26-54-60(82-51(47(5)6)23-14-24-52(82)48(7)8)36-38-62(84(54)56)70(66)44-72(74)68(58-30-18-34-80-86(58)64-20-10-12-32-78(64)88-80)42-75(76)73(71)39-65(69)55-27-15-25-53(59)83(55)61;1-3-5-7-9-11-13-15-17-16-14-12-10-8-6-4-2/h9-48H,1-8H3;1H,2H3. The zero-order valence-corrected chi connectivity index (χ0v) is 60.0. The number of hydrogen-bond donors (Lipinski definition) is 0. The first kappa shape index (κ1) is 64.8. The summed E-state index contributed by atoms with van der Waals surface area (Å²) >= 11 is 0. The van der Waals surface area contributed by atoms with Crippen LogP contribution in [0.15, 0.2) is 227 Å². The Morgan fingerprint density at radius 1 is 0.229 bits per heavy atom. The van der Waals surface area contributed by atoms with Crippen LogP contribution >= 0.6 is 0 Å². The van der Waals surface area contributed by atoms with Crippen LogP contribution in [-0.4, -0.2) is 0 Å². The minimum Gasteiger partial charge on any atom is -0.456 e. The highest BCUT2D eigenvalue weighted by Gasteiger charge is 2.31. The Bertz CT molecular complexity index is 6620. The van der Waals surface area contributed by atoms with E-state index in [2.05, 4.69) is 363 Å². The van der Waals surface area contributed by atoms with Crippen LogP contribution in [0.1, 0.15) is 108 Å². The lowest BCUT2D eigenvalue weighted by Crippen LogP contribution is -2.00. The fourth-order valence-electron chi connectivity index (χ4n) is 16.8. The van der Waals surface area contributed by atoms with Crippen molar-refractivity contribution in [1.29, 1.82) is 0 Å². The highest BCUT2D eigenvalue weighted by molar-refractivity contribution is 6.32. The molecule has 2 aromatic heterocycles. The van der Waals surface area contributed by atoms with Gasteiger partial charge in [-0.1, -0.05) is 219 Å². The molecule has 0 amide bonds. The second-order valence-electron chi connectivity index (χ2n) is 28.4. The molecule has 0 fully saturated rings. The monoisotopic (exact) mass is 1340 g/mol. The van der Waals surface area contributed by atoms with Crippen LogP contribution < -0.4 is 0 Å². The van der Waals surface area contributed by atoms with Gasteiger partial charge in [0, 0.05) is 21.5 Å². The molecule has 2 heteroatoms. The van der Waals surface area contributed by atoms with Gasteiger partial charge in [0.15, 0.2) is 0 Å². The molecule has 492 valence electrons. The molecular formula is C103H68O2. The Morgan fingerprint density at radius 3 is 0.876 bits per heavy atom. The smallest absolute Gasteiger partial charge is 0.136 e. The van der Waals surface area contributed by atoms with Crippen LogP contribution in [0.3, 0.4) is 0 Å². The number of terminal acetylenes is 1. The molecule has 0 bridgehead atoms. The van der Waals surface area contributed by atoms with Crippen molar-refractivity contribution in [2.24, 2.45) is 0 Å². The number of fused-ring (bicyclic) bond motifs is 17. The molecule has 2 nitrogen and oxygen atoms in total. The summed E-state index contributed by atoms with van der Waals surface area (Å²) in [4.78, 5) is 0. The summed E-state index contributed by atoms with van der Waals surface area (Å²) in [7, 11) is 0. The van der Waals surface area contributed by atoms with E-state index in [4.69, 9.17) is 15.3 Å². The fourth-order valence-corrected chi connectivity index (χ4v) is 16.8. The van der Waals surface area contributed by atoms with E-state index in [0.717, 1.165) is 55.0 Å². The van der Waals surface area contributed by atoms with Gasteiger partial charge in [-0.2, -0.15) is 0 Å². The van der Waals surface area contributed by atoms with Gasteiger partial charge in [0.2, 0.25) is 0 Å². The van der Waals surface area contributed by atoms with Crippen LogP contribution in [-0.2, 0) is 0 Å². The van der Waals surface area contributed by atoms with Gasteiger partial charge in [0.05, 0.1) is 0 Å². The van der Waals surface area contributed by atoms with Crippen LogP contribution in [0.2, 0.25) is 0 Å². The number of hydrogen-bond acceptors (Lipinski definition) is 2. The first-order valence-electron chi connectivity index (χ1n) is 36.0. The number of para-hydroxylation sites is 2. The molecule has 0 spiro atoms. The second-order valence-corrected chi connectivity index (χ2v) is 28.4. The molecule has 0 N–H and O–H groups in total. The van der Waals surface area contributed by atoms with Gasteiger partial charge in [-0.25, -0.2) is 0 Å². The molecule has 14 aromatic carbocycles. The van der Waals surface area contributed by atoms with Crippen molar-refractivity contribution in [2.75, 3.05) is 0 Å². The molecule has 16 aromatic rings. The zero-order chi connectivity index (χ0) is 71.7. The zero-order valence-electron chi connectivity index (χ0n) is 60.0. The maximum absolute atomic E-state index is 6.73. The summed E-state index contributed by atoms with van der Waals surface area (Å²) in [6.45, 7) is 20.4. The molecule has 105 heavy (non-hydrogen) atoms. The van der Waals surface area contributed by atoms with Crippen molar-refractivity contribution < 1.29 is 8.83 Å². The Labute approximate surface area is 613 Å². The Kier molecular flexibility index (Phi) is 16.3. The van der Waals surface area contributed by atoms with E-state index in [1.165, 1.54) is 154 Å². The molecule has 18 rings (SSSR count). The van der Waals surface area contributed by atoms with E-state index in [9.17, 15) is 0 Å². The molecule has 2 aliphatic rings. The number of furan rings is 2. The molecule has 0 saturated heterocycles. The van der Waals surface area contributed by atoms with Gasteiger partial charge in [-0.3, -0.25) is 0 Å². The molecule has 0 saturated carbocycles. The van der Waals surface area contributed by atoms with E-state index < -0.39 is 0 Å². The molecular weight excluding hydrogens is 1270 g/mol. The topological polar surface area (TPSA) is 26.3 Å². The van der Waals surface area contributed by atoms with Crippen molar-refractivity contribution in [1.82, 2.24) is 0 Å². The SMILES string of the molecule is C#CC#CC#CC#CC#CC#CC#CC#CC.CC(C)c1cccc(C(C)C)c1-c1ccc2c3c(cccc13)-c1cc3c(cc1-2)c(-c1cccc2oc4ccccc4c12)cc1c2cc4c(cc2c(-c2cccc5oc6ccccc6c25)cc31)-c1ccc(-c2c(C(C)C)cccc2C(C)C)c2cccc-4c12. The van der Waals surface area contributed by atoms with E-state index in [1.54, 1.807) is 6.92 Å². The van der Waals surface area contributed by atoms with Crippen LogP contribution in [0.4, 0.5) is 0 Å². The highest BCUT2D eigenvalue weighted by atomic mass is 16.3. The van der Waals surface area contributed by atoms with Crippen molar-refractivity contribution in [3.63, 3.8) is 0 Å². The minimum absolute atomic E-state index is 0.372. The Hall–Kier alpha value is -13.5. The van der Waals surface area contributed by atoms with Crippen molar-refractivity contribution >= 4 is 97.7 Å². The maximum atomic E-state index is 6.73. The lowest BCUT2D eigenvalue weighted by Gasteiger charge is -2.21. The molecule has 0 aliphatic heterocycles. The van der Waals surface area contributed by atoms with Crippen molar-refractivity contribution in [3.05, 3.63) is 241 Å². The van der Waals surface area contributed by atoms with Crippen molar-refractivity contribution in [2.45, 2.75) is 86.0 Å². The van der Waals surface area contributed by atoms with E-state index >= 15 is 0 Å². The highest BCUT2D eigenvalue weighted by Crippen LogP contribution is 2.58. The predicted molar refractivity (Wildman–Crippen MR) is 444 cm³/mol. The first-order valence-corrected chi connectivity index (χ1v) is 36.0. The third-order valence-electron chi connectivity index (χ3n) is 21.2. The van der Waals surface area contributed by atoms with Gasteiger partial charge < -0.3 is 8.83 Å². The van der Waals surface area contributed by atoms with Crippen LogP contribution in [0.25, 0.3) is 187 Å². The second kappa shape index (κ2) is 26.4. The molecule has 2 aliphatic carbocycles. The molecule has 0 atom stereocenters. The van der Waals surface area contributed by atoms with E-state index in [0.29, 0.717) is 23.7 Å². The summed E-state index contributed by atoms with van der Waals surface area (Å²) in [5.74, 6) is 38.4. The lowest BCUT2D eigenvalue weighted by atomic mass is 9.82. The van der Waals surface area contributed by atoms with Gasteiger partial charge in [0.25, 0.3) is 0 Å². The molecule has 2 heterocycles. The van der Waals surface area contributed by atoms with Gasteiger partial charge in [0.1, 0.15) is 22.3 Å². The number of rotatable bonds is 8. The lowest BCUT2D eigenvalue weighted by molar-refractivity contribution is 0.668. The molecule has 0 radical (unpaired) electrons. The van der Waals surface area contributed by atoms with Crippen LogP contribution in [0, 0.1) is 95.2 Å². The first-order chi connectivity index (χ1) is 51.4. The molecule has 0 unspecified atom stereocenters. The average molecular weight is 1340 g/mol. The quantitative estimate of drug-likeness (QED) is 0.112. The largest absolute Gasteiger partial charge is 0.456 e. The summed E-state index contributed by atoms with van der Waals surface area (Å²) in [6.07, 6.45) is 4.88. The Balaban J connectivity index is 0.000000427. The van der Waals surface area contributed by atoms with Crippen LogP contribution in [0.5, 0.6) is 0 Å². The van der Waals surface area contributed by atoms with E-state index in [1.807, 2.05) is 0 Å². The normalized spacial score (nSPS) is 11.3. The van der Waals surface area contributed by atoms with Crippen molar-refractivity contribution in [3.8, 4) is 184 Å². The summed E-state index contributed by atoms with van der Waals surface area (Å²) in [5.41, 5.74) is 29.5. The van der Waals surface area contributed by atoms with Gasteiger partial charge in [-0.05, 0) is 339 Å². The third kappa shape index (κ3) is 10.8. The maximum Gasteiger partial charge on any atom is 0.136 e. The fraction of sp³-hybridized carbons (Fsp3) is 0.126.